The molecule has 0 aromatic rings. The third kappa shape index (κ3) is 5.71. The Labute approximate surface area is 133 Å². The molecule has 0 spiro atoms. The first-order valence-corrected chi connectivity index (χ1v) is 11.4. The van der Waals surface area contributed by atoms with E-state index < -0.39 is 8.07 Å². The van der Waals surface area contributed by atoms with Crippen molar-refractivity contribution in [3.63, 3.8) is 0 Å². The minimum absolute atomic E-state index is 0.146. The summed E-state index contributed by atoms with van der Waals surface area (Å²) in [6.45, 7) is 20.6. The molecule has 0 heterocycles. The van der Waals surface area contributed by atoms with Crippen molar-refractivity contribution in [2.45, 2.75) is 61.2 Å². The van der Waals surface area contributed by atoms with Crippen LogP contribution in [0.1, 0.15) is 41.5 Å². The molecule has 116 valence electrons. The van der Waals surface area contributed by atoms with Gasteiger partial charge in [-0.1, -0.05) is 91.4 Å². The summed E-state index contributed by atoms with van der Waals surface area (Å²) >= 11 is 0. The van der Waals surface area contributed by atoms with Crippen LogP contribution in [0.5, 0.6) is 0 Å². The number of allylic oxidation sites excluding steroid dienone is 6. The Morgan fingerprint density at radius 2 is 1.48 bits per heavy atom. The standard InChI is InChI=1S/C20H32Si/c1-19(2,3)17-11-10-16(14-15-21(7,8)9)18(13-12-17)20(4,5)6/h10-13,16H,1-9H3. The van der Waals surface area contributed by atoms with Gasteiger partial charge in [0.25, 0.3) is 0 Å². The zero-order valence-corrected chi connectivity index (χ0v) is 16.4. The number of rotatable bonds is 0. The maximum absolute atomic E-state index is 3.55. The van der Waals surface area contributed by atoms with Gasteiger partial charge < -0.3 is 0 Å². The fourth-order valence-corrected chi connectivity index (χ4v) is 2.87. The van der Waals surface area contributed by atoms with Crippen LogP contribution in [0.4, 0.5) is 0 Å². The Kier molecular flexibility index (Phi) is 5.16. The summed E-state index contributed by atoms with van der Waals surface area (Å²) in [4.78, 5) is 0. The zero-order valence-electron chi connectivity index (χ0n) is 15.4. The first-order chi connectivity index (χ1) is 9.31. The molecule has 1 unspecified atom stereocenters. The molecular weight excluding hydrogens is 268 g/mol. The molecule has 21 heavy (non-hydrogen) atoms. The molecule has 0 bridgehead atoms. The fourth-order valence-electron chi connectivity index (χ4n) is 2.28. The number of hydrogen-bond acceptors (Lipinski definition) is 0. The third-order valence-corrected chi connectivity index (χ3v) is 4.47. The molecule has 0 amide bonds. The maximum Gasteiger partial charge on any atom is 0.129 e. The summed E-state index contributed by atoms with van der Waals surface area (Å²) < 4.78 is 0. The molecule has 0 aliphatic heterocycles. The molecule has 0 aromatic carbocycles. The van der Waals surface area contributed by atoms with E-state index in [1.54, 1.807) is 0 Å². The van der Waals surface area contributed by atoms with Crippen LogP contribution in [0.25, 0.3) is 0 Å². The molecule has 1 rings (SSSR count). The molecule has 1 aliphatic carbocycles. The van der Waals surface area contributed by atoms with Crippen LogP contribution >= 0.6 is 0 Å². The summed E-state index contributed by atoms with van der Waals surface area (Å²) in [5.74, 6) is 3.80. The average molecular weight is 301 g/mol. The smallest absolute Gasteiger partial charge is 0.129 e. The van der Waals surface area contributed by atoms with Crippen molar-refractivity contribution in [2.24, 2.45) is 16.7 Å². The van der Waals surface area contributed by atoms with Crippen molar-refractivity contribution in [2.75, 3.05) is 0 Å². The molecule has 0 saturated carbocycles. The van der Waals surface area contributed by atoms with Gasteiger partial charge >= 0.3 is 0 Å². The molecule has 0 radical (unpaired) electrons. The molecular formula is C20H32Si. The fraction of sp³-hybridized carbons (Fsp3) is 0.600. The van der Waals surface area contributed by atoms with E-state index in [4.69, 9.17) is 0 Å². The lowest BCUT2D eigenvalue weighted by molar-refractivity contribution is 0.476. The Hall–Kier alpha value is -1.00. The van der Waals surface area contributed by atoms with E-state index in [1.807, 2.05) is 0 Å². The highest BCUT2D eigenvalue weighted by Crippen LogP contribution is 2.36. The first kappa shape index (κ1) is 18.0. The lowest BCUT2D eigenvalue weighted by Crippen LogP contribution is -2.19. The predicted molar refractivity (Wildman–Crippen MR) is 98.8 cm³/mol. The van der Waals surface area contributed by atoms with Crippen LogP contribution in [0.2, 0.25) is 19.6 Å². The molecule has 1 heteroatoms. The van der Waals surface area contributed by atoms with Gasteiger partial charge in [0.2, 0.25) is 0 Å². The maximum atomic E-state index is 3.55. The van der Waals surface area contributed by atoms with E-state index in [0.717, 1.165) is 0 Å². The third-order valence-electron chi connectivity index (χ3n) is 3.58. The topological polar surface area (TPSA) is 0 Å². The monoisotopic (exact) mass is 300 g/mol. The largest absolute Gasteiger partial charge is 0.131 e. The van der Waals surface area contributed by atoms with Crippen LogP contribution < -0.4 is 0 Å². The van der Waals surface area contributed by atoms with Crippen LogP contribution in [0.15, 0.2) is 35.5 Å². The average Bonchev–Trinajstić information content (AvgIpc) is 2.45. The second kappa shape index (κ2) is 6.01. The lowest BCUT2D eigenvalue weighted by atomic mass is 9.79. The highest BCUT2D eigenvalue weighted by Gasteiger charge is 2.25. The zero-order chi connectivity index (χ0) is 16.5. The Bertz CT molecular complexity index is 526. The molecule has 0 fully saturated rings. The Balaban J connectivity index is 3.29. The molecule has 1 aliphatic rings. The molecule has 0 saturated heterocycles. The van der Waals surface area contributed by atoms with Gasteiger partial charge in [-0.3, -0.25) is 0 Å². The summed E-state index contributed by atoms with van der Waals surface area (Å²) in [5, 5.41) is 0. The number of hydrogen-bond donors (Lipinski definition) is 0. The van der Waals surface area contributed by atoms with Gasteiger partial charge in [-0.15, -0.1) is 5.54 Å². The normalized spacial score (nSPS) is 20.1. The second-order valence-electron chi connectivity index (χ2n) is 9.10. The summed E-state index contributed by atoms with van der Waals surface area (Å²) in [5.41, 5.74) is 6.67. The van der Waals surface area contributed by atoms with Gasteiger partial charge in [0.15, 0.2) is 0 Å². The van der Waals surface area contributed by atoms with Crippen LogP contribution in [0, 0.1) is 28.2 Å². The van der Waals surface area contributed by atoms with Crippen molar-refractivity contribution in [3.8, 4) is 11.5 Å². The highest BCUT2D eigenvalue weighted by atomic mass is 28.3. The molecule has 0 N–H and O–H groups in total. The minimum atomic E-state index is -1.34. The van der Waals surface area contributed by atoms with Gasteiger partial charge in [-0.25, -0.2) is 0 Å². The SMILES string of the molecule is CC(C)(C)C1=CC=C(C(C)(C)C)C(C#C[Si](C)(C)C)C=C1. The summed E-state index contributed by atoms with van der Waals surface area (Å²) in [6, 6.07) is 0. The van der Waals surface area contributed by atoms with Gasteiger partial charge in [-0.2, -0.15) is 0 Å². The van der Waals surface area contributed by atoms with E-state index in [9.17, 15) is 0 Å². The van der Waals surface area contributed by atoms with Crippen LogP contribution in [-0.2, 0) is 0 Å². The Morgan fingerprint density at radius 3 is 1.90 bits per heavy atom. The highest BCUT2D eigenvalue weighted by molar-refractivity contribution is 6.83. The molecule has 0 nitrogen and oxygen atoms in total. The lowest BCUT2D eigenvalue weighted by Gasteiger charge is -2.26. The predicted octanol–water partition coefficient (Wildman–Crippen LogP) is 6.00. The van der Waals surface area contributed by atoms with E-state index >= 15 is 0 Å². The molecule has 0 aromatic heterocycles. The van der Waals surface area contributed by atoms with Crippen molar-refractivity contribution >= 4 is 8.07 Å². The van der Waals surface area contributed by atoms with Crippen molar-refractivity contribution in [1.82, 2.24) is 0 Å². The summed E-state index contributed by atoms with van der Waals surface area (Å²) in [6.07, 6.45) is 9.17. The van der Waals surface area contributed by atoms with Crippen molar-refractivity contribution in [3.05, 3.63) is 35.5 Å². The van der Waals surface area contributed by atoms with Crippen LogP contribution in [0.3, 0.4) is 0 Å². The van der Waals surface area contributed by atoms with Gasteiger partial charge in [-0.05, 0) is 22.0 Å². The summed E-state index contributed by atoms with van der Waals surface area (Å²) in [7, 11) is -1.34. The van der Waals surface area contributed by atoms with E-state index in [0.29, 0.717) is 0 Å². The first-order valence-electron chi connectivity index (χ1n) is 7.94. The van der Waals surface area contributed by atoms with Crippen LogP contribution in [-0.4, -0.2) is 8.07 Å². The van der Waals surface area contributed by atoms with E-state index in [1.165, 1.54) is 11.1 Å². The quantitative estimate of drug-likeness (QED) is 0.380. The Morgan fingerprint density at radius 1 is 0.905 bits per heavy atom. The van der Waals surface area contributed by atoms with E-state index in [-0.39, 0.29) is 16.7 Å². The second-order valence-corrected chi connectivity index (χ2v) is 13.9. The van der Waals surface area contributed by atoms with Crippen molar-refractivity contribution in [1.29, 1.82) is 0 Å². The molecule has 1 atom stereocenters. The van der Waals surface area contributed by atoms with Gasteiger partial charge in [0.1, 0.15) is 8.07 Å². The van der Waals surface area contributed by atoms with Gasteiger partial charge in [0, 0.05) is 0 Å². The van der Waals surface area contributed by atoms with Gasteiger partial charge in [0.05, 0.1) is 5.92 Å². The van der Waals surface area contributed by atoms with Crippen molar-refractivity contribution < 1.29 is 0 Å². The van der Waals surface area contributed by atoms with E-state index in [2.05, 4.69) is 97.0 Å². The minimum Gasteiger partial charge on any atom is -0.131 e.